The molecule has 1 heterocycles. The second-order valence-corrected chi connectivity index (χ2v) is 5.19. The molecular weight excluding hydrogens is 256 g/mol. The molecule has 5 N–H and O–H groups in total. The van der Waals surface area contributed by atoms with Gasteiger partial charge < -0.3 is 11.5 Å². The van der Waals surface area contributed by atoms with E-state index in [2.05, 4.69) is 9.71 Å². The van der Waals surface area contributed by atoms with Gasteiger partial charge in [-0.15, -0.1) is 0 Å². The van der Waals surface area contributed by atoms with E-state index in [1.165, 1.54) is 12.1 Å². The summed E-state index contributed by atoms with van der Waals surface area (Å²) in [6, 6.07) is 6.28. The molecule has 7 nitrogen and oxygen atoms in total. The number of nitrogens with two attached hydrogens (primary N) is 2. The molecule has 0 aromatic heterocycles. The van der Waals surface area contributed by atoms with Crippen LogP contribution < -0.4 is 16.2 Å². The molecule has 1 aliphatic rings. The molecule has 0 radical (unpaired) electrons. The van der Waals surface area contributed by atoms with Crippen molar-refractivity contribution in [2.45, 2.75) is 4.90 Å². The van der Waals surface area contributed by atoms with Crippen LogP contribution in [-0.2, 0) is 14.8 Å². The van der Waals surface area contributed by atoms with Gasteiger partial charge in [0.2, 0.25) is 0 Å². The van der Waals surface area contributed by atoms with Gasteiger partial charge in [-0.3, -0.25) is 9.52 Å². The molecule has 94 valence electrons. The van der Waals surface area contributed by atoms with Gasteiger partial charge in [-0.25, -0.2) is 8.42 Å². The molecule has 0 saturated carbocycles. The lowest BCUT2D eigenvalue weighted by Crippen LogP contribution is -2.32. The number of aliphatic imine (C=N–C) groups is 1. The lowest BCUT2D eigenvalue weighted by Gasteiger charge is -2.16. The van der Waals surface area contributed by atoms with Crippen LogP contribution >= 0.6 is 0 Å². The van der Waals surface area contributed by atoms with Crippen LogP contribution in [0, 0.1) is 0 Å². The first-order chi connectivity index (χ1) is 8.40. The smallest absolute Gasteiger partial charge is 0.297 e. The number of carbonyl (C=O) groups is 1. The number of carbonyl (C=O) groups excluding carboxylic acids is 1. The number of sulfonamides is 1. The SMILES string of the molecule is NC(N)=NC(=O)C1=Cc2ccccc2S(=O)(=O)N1. The fourth-order valence-corrected chi connectivity index (χ4v) is 2.75. The minimum Gasteiger partial charge on any atom is -0.370 e. The maximum atomic E-state index is 11.9. The summed E-state index contributed by atoms with van der Waals surface area (Å²) in [6.45, 7) is 0. The summed E-state index contributed by atoms with van der Waals surface area (Å²) in [5, 5.41) is 0. The molecule has 0 aliphatic carbocycles. The van der Waals surface area contributed by atoms with E-state index in [1.807, 2.05) is 0 Å². The molecule has 18 heavy (non-hydrogen) atoms. The van der Waals surface area contributed by atoms with Crippen LogP contribution in [-0.4, -0.2) is 20.3 Å². The van der Waals surface area contributed by atoms with E-state index in [4.69, 9.17) is 11.5 Å². The summed E-state index contributed by atoms with van der Waals surface area (Å²) in [7, 11) is -3.76. The topological polar surface area (TPSA) is 128 Å². The third kappa shape index (κ3) is 2.18. The molecule has 1 amide bonds. The highest BCUT2D eigenvalue weighted by molar-refractivity contribution is 7.89. The molecule has 0 bridgehead atoms. The summed E-state index contributed by atoms with van der Waals surface area (Å²) in [6.07, 6.45) is 1.38. The number of guanidine groups is 1. The Hall–Kier alpha value is -2.35. The third-order valence-electron chi connectivity index (χ3n) is 2.21. The van der Waals surface area contributed by atoms with E-state index in [0.717, 1.165) is 0 Å². The number of nitrogens with one attached hydrogen (secondary N) is 1. The van der Waals surface area contributed by atoms with Crippen LogP contribution in [0.15, 0.2) is 39.9 Å². The first-order valence-corrected chi connectivity index (χ1v) is 6.36. The number of fused-ring (bicyclic) bond motifs is 1. The van der Waals surface area contributed by atoms with Crippen molar-refractivity contribution in [3.05, 3.63) is 35.5 Å². The van der Waals surface area contributed by atoms with E-state index >= 15 is 0 Å². The molecule has 0 unspecified atom stereocenters. The summed E-state index contributed by atoms with van der Waals surface area (Å²) in [5.41, 5.74) is 10.3. The zero-order valence-electron chi connectivity index (χ0n) is 9.12. The molecule has 0 atom stereocenters. The van der Waals surface area contributed by atoms with E-state index in [9.17, 15) is 13.2 Å². The maximum Gasteiger partial charge on any atom is 0.297 e. The van der Waals surface area contributed by atoms with Gasteiger partial charge in [0, 0.05) is 0 Å². The van der Waals surface area contributed by atoms with Gasteiger partial charge in [0.15, 0.2) is 5.96 Å². The minimum absolute atomic E-state index is 0.103. The molecule has 8 heteroatoms. The monoisotopic (exact) mass is 266 g/mol. The van der Waals surface area contributed by atoms with Crippen molar-refractivity contribution < 1.29 is 13.2 Å². The van der Waals surface area contributed by atoms with Gasteiger partial charge >= 0.3 is 0 Å². The van der Waals surface area contributed by atoms with Gasteiger partial charge in [-0.2, -0.15) is 4.99 Å². The number of hydrogen-bond acceptors (Lipinski definition) is 3. The summed E-state index contributed by atoms with van der Waals surface area (Å²) < 4.78 is 25.8. The largest absolute Gasteiger partial charge is 0.370 e. The molecule has 1 aromatic carbocycles. The van der Waals surface area contributed by atoms with Crippen LogP contribution in [0.1, 0.15) is 5.56 Å². The lowest BCUT2D eigenvalue weighted by molar-refractivity contribution is -0.114. The zero-order valence-corrected chi connectivity index (χ0v) is 9.94. The second kappa shape index (κ2) is 4.15. The summed E-state index contributed by atoms with van der Waals surface area (Å²) in [4.78, 5) is 14.9. The fraction of sp³-hybridized carbons (Fsp3) is 0. The molecule has 0 fully saturated rings. The third-order valence-corrected chi connectivity index (χ3v) is 3.65. The Labute approximate surface area is 103 Å². The molecular formula is C10H10N4O3S. The Balaban J connectivity index is 2.53. The van der Waals surface area contributed by atoms with Crippen molar-refractivity contribution in [1.82, 2.24) is 4.72 Å². The van der Waals surface area contributed by atoms with E-state index in [1.54, 1.807) is 18.2 Å². The number of rotatable bonds is 1. The molecule has 1 aliphatic heterocycles. The Morgan fingerprint density at radius 1 is 1.22 bits per heavy atom. The predicted octanol–water partition coefficient (Wildman–Crippen LogP) is -0.881. The van der Waals surface area contributed by atoms with Gasteiger partial charge in [0.05, 0.1) is 4.90 Å². The average molecular weight is 266 g/mol. The summed E-state index contributed by atoms with van der Waals surface area (Å²) in [5.74, 6) is -1.27. The molecule has 1 aromatic rings. The Morgan fingerprint density at radius 2 is 1.89 bits per heavy atom. The Bertz CT molecular complexity index is 672. The van der Waals surface area contributed by atoms with Crippen molar-refractivity contribution in [1.29, 1.82) is 0 Å². The van der Waals surface area contributed by atoms with Gasteiger partial charge in [-0.1, -0.05) is 18.2 Å². The van der Waals surface area contributed by atoms with Crippen LogP contribution in [0.3, 0.4) is 0 Å². The maximum absolute atomic E-state index is 11.9. The highest BCUT2D eigenvalue weighted by Gasteiger charge is 2.26. The highest BCUT2D eigenvalue weighted by atomic mass is 32.2. The van der Waals surface area contributed by atoms with Crippen LogP contribution in [0.5, 0.6) is 0 Å². The van der Waals surface area contributed by atoms with Crippen molar-refractivity contribution in [2.24, 2.45) is 16.5 Å². The average Bonchev–Trinajstić information content (AvgIpc) is 2.27. The highest BCUT2D eigenvalue weighted by Crippen LogP contribution is 2.23. The molecule has 2 rings (SSSR count). The Kier molecular flexibility index (Phi) is 2.79. The van der Waals surface area contributed by atoms with Crippen LogP contribution in [0.4, 0.5) is 0 Å². The van der Waals surface area contributed by atoms with Crippen molar-refractivity contribution in [2.75, 3.05) is 0 Å². The first-order valence-electron chi connectivity index (χ1n) is 4.87. The fourth-order valence-electron chi connectivity index (χ4n) is 1.51. The van der Waals surface area contributed by atoms with Crippen LogP contribution in [0.25, 0.3) is 6.08 Å². The predicted molar refractivity (Wildman–Crippen MR) is 65.6 cm³/mol. The number of amides is 1. The number of benzene rings is 1. The summed E-state index contributed by atoms with van der Waals surface area (Å²) >= 11 is 0. The van der Waals surface area contributed by atoms with Crippen molar-refractivity contribution in [3.8, 4) is 0 Å². The van der Waals surface area contributed by atoms with Crippen LogP contribution in [0.2, 0.25) is 0 Å². The quantitative estimate of drug-likeness (QED) is 0.449. The van der Waals surface area contributed by atoms with Crippen molar-refractivity contribution in [3.63, 3.8) is 0 Å². The van der Waals surface area contributed by atoms with Gasteiger partial charge in [0.25, 0.3) is 15.9 Å². The molecule has 0 saturated heterocycles. The second-order valence-electron chi connectivity index (χ2n) is 3.54. The minimum atomic E-state index is -3.76. The lowest BCUT2D eigenvalue weighted by atomic mass is 10.2. The normalized spacial score (nSPS) is 15.9. The van der Waals surface area contributed by atoms with E-state index in [-0.39, 0.29) is 10.6 Å². The Morgan fingerprint density at radius 3 is 2.56 bits per heavy atom. The standard InChI is InChI=1S/C10H10N4O3S/c11-10(12)13-9(15)7-5-6-3-1-2-4-8(6)18(16,17)14-7/h1-5,14H,(H4,11,12,13,15). The van der Waals surface area contributed by atoms with Gasteiger partial charge in [-0.05, 0) is 17.7 Å². The van der Waals surface area contributed by atoms with Crippen molar-refractivity contribution >= 4 is 28.0 Å². The van der Waals surface area contributed by atoms with E-state index in [0.29, 0.717) is 5.56 Å². The number of hydrogen-bond donors (Lipinski definition) is 3. The van der Waals surface area contributed by atoms with E-state index < -0.39 is 21.9 Å². The molecule has 0 spiro atoms. The zero-order chi connectivity index (χ0) is 13.3. The first kappa shape index (κ1) is 12.1. The van der Waals surface area contributed by atoms with Gasteiger partial charge in [0.1, 0.15) is 5.70 Å². The number of nitrogens with zero attached hydrogens (tertiary/aromatic N) is 1.